The molecule has 1 aromatic heterocycles. The lowest BCUT2D eigenvalue weighted by Gasteiger charge is -2.13. The zero-order chi connectivity index (χ0) is 25.0. The highest BCUT2D eigenvalue weighted by atomic mass is 32.1. The largest absolute Gasteiger partial charge is 0.457 e. The summed E-state index contributed by atoms with van der Waals surface area (Å²) < 4.78 is 49.0. The molecule has 0 radical (unpaired) electrons. The van der Waals surface area contributed by atoms with Gasteiger partial charge in [-0.05, 0) is 66.8 Å². The van der Waals surface area contributed by atoms with E-state index in [-0.39, 0.29) is 16.7 Å². The average molecular weight is 501 g/mol. The maximum Gasteiger partial charge on any atom is 0.416 e. The molecule has 12 heteroatoms. The molecule has 0 unspecified atom stereocenters. The molecule has 0 aliphatic heterocycles. The van der Waals surface area contributed by atoms with E-state index in [1.807, 2.05) is 0 Å². The maximum atomic E-state index is 12.9. The Labute approximate surface area is 202 Å². The molecule has 8 nitrogen and oxygen atoms in total. The number of hydrogen-bond donors (Lipinski definition) is 4. The molecule has 0 saturated carbocycles. The summed E-state index contributed by atoms with van der Waals surface area (Å²) in [6, 6.07) is 16.8. The normalized spacial score (nSPS) is 11.1. The molecule has 4 aromatic rings. The number of alkyl halides is 3. The molecule has 4 N–H and O–H groups in total. The molecule has 3 aromatic carbocycles. The van der Waals surface area contributed by atoms with Gasteiger partial charge in [0.05, 0.1) is 23.7 Å². The average Bonchev–Trinajstić information content (AvgIpc) is 3.21. The number of carbonyl (C=O) groups excluding carboxylic acids is 1. The van der Waals surface area contributed by atoms with Gasteiger partial charge in [-0.3, -0.25) is 5.32 Å². The highest BCUT2D eigenvalue weighted by Gasteiger charge is 2.30. The number of amides is 1. The van der Waals surface area contributed by atoms with E-state index in [0.717, 1.165) is 12.1 Å². The number of halogens is 3. The molecule has 180 valence electrons. The van der Waals surface area contributed by atoms with Gasteiger partial charge in [0.2, 0.25) is 5.95 Å². The summed E-state index contributed by atoms with van der Waals surface area (Å²) >= 11 is 5.19. The van der Waals surface area contributed by atoms with Gasteiger partial charge in [-0.25, -0.2) is 9.78 Å². The van der Waals surface area contributed by atoms with E-state index in [0.29, 0.717) is 28.2 Å². The van der Waals surface area contributed by atoms with Crippen molar-refractivity contribution in [3.05, 3.63) is 72.3 Å². The van der Waals surface area contributed by atoms with Gasteiger partial charge in [0, 0.05) is 17.4 Å². The van der Waals surface area contributed by atoms with E-state index in [9.17, 15) is 18.0 Å². The maximum absolute atomic E-state index is 12.9. The lowest BCUT2D eigenvalue weighted by atomic mass is 10.2. The highest BCUT2D eigenvalue weighted by Crippen LogP contribution is 2.31. The first-order chi connectivity index (χ1) is 16.7. The highest BCUT2D eigenvalue weighted by molar-refractivity contribution is 7.80. The van der Waals surface area contributed by atoms with Crippen LogP contribution in [0.25, 0.3) is 11.0 Å². The number of nitrogens with zero attached hydrogens (tertiary/aromatic N) is 1. The predicted molar refractivity (Wildman–Crippen MR) is 130 cm³/mol. The SMILES string of the molecule is COC(=O)Nc1nc2cc(Oc3ccc(NC(=S)Nc4cccc(C(F)(F)F)c4)cc3)ccc2[nH]1. The van der Waals surface area contributed by atoms with Crippen molar-refractivity contribution in [3.63, 3.8) is 0 Å². The Hall–Kier alpha value is -4.32. The monoisotopic (exact) mass is 501 g/mol. The molecular weight excluding hydrogens is 483 g/mol. The minimum Gasteiger partial charge on any atom is -0.457 e. The molecule has 0 saturated heterocycles. The summed E-state index contributed by atoms with van der Waals surface area (Å²) in [6.45, 7) is 0. The van der Waals surface area contributed by atoms with E-state index in [4.69, 9.17) is 17.0 Å². The molecule has 0 aliphatic rings. The molecular formula is C23H18F3N5O3S. The van der Waals surface area contributed by atoms with E-state index >= 15 is 0 Å². The Bertz CT molecular complexity index is 1370. The van der Waals surface area contributed by atoms with Crippen LogP contribution in [0.4, 0.5) is 35.3 Å². The number of aromatic nitrogens is 2. The van der Waals surface area contributed by atoms with Gasteiger partial charge < -0.3 is 25.1 Å². The molecule has 1 amide bonds. The zero-order valence-corrected chi connectivity index (χ0v) is 18.9. The first-order valence-electron chi connectivity index (χ1n) is 10.1. The number of methoxy groups -OCH3 is 1. The van der Waals surface area contributed by atoms with Crippen LogP contribution in [0.15, 0.2) is 66.7 Å². The van der Waals surface area contributed by atoms with Gasteiger partial charge in [-0.2, -0.15) is 13.2 Å². The molecule has 4 rings (SSSR count). The summed E-state index contributed by atoms with van der Waals surface area (Å²) in [5, 5.41) is 8.24. The first kappa shape index (κ1) is 23.8. The zero-order valence-electron chi connectivity index (χ0n) is 18.1. The van der Waals surface area contributed by atoms with Crippen molar-refractivity contribution in [1.82, 2.24) is 9.97 Å². The van der Waals surface area contributed by atoms with E-state index < -0.39 is 17.8 Å². The molecule has 0 fully saturated rings. The molecule has 0 aliphatic carbocycles. The van der Waals surface area contributed by atoms with Crippen LogP contribution in [-0.4, -0.2) is 28.3 Å². The fourth-order valence-corrected chi connectivity index (χ4v) is 3.30. The van der Waals surface area contributed by atoms with E-state index in [2.05, 4.69) is 30.7 Å². The fraction of sp³-hybridized carbons (Fsp3) is 0.0870. The van der Waals surface area contributed by atoms with E-state index in [1.165, 1.54) is 19.2 Å². The number of fused-ring (bicyclic) bond motifs is 1. The Morgan fingerprint density at radius 3 is 2.37 bits per heavy atom. The molecule has 0 bridgehead atoms. The van der Waals surface area contributed by atoms with Crippen molar-refractivity contribution in [2.24, 2.45) is 0 Å². The van der Waals surface area contributed by atoms with Crippen LogP contribution in [0.3, 0.4) is 0 Å². The second-order valence-corrected chi connectivity index (χ2v) is 7.57. The minimum atomic E-state index is -4.44. The third-order valence-electron chi connectivity index (χ3n) is 4.66. The van der Waals surface area contributed by atoms with Gasteiger partial charge in [-0.15, -0.1) is 0 Å². The van der Waals surface area contributed by atoms with Crippen molar-refractivity contribution in [2.45, 2.75) is 6.18 Å². The van der Waals surface area contributed by atoms with Gasteiger partial charge in [0.25, 0.3) is 0 Å². The second kappa shape index (κ2) is 9.89. The minimum absolute atomic E-state index is 0.137. The number of carbonyl (C=O) groups is 1. The number of aromatic amines is 1. The van der Waals surface area contributed by atoms with Gasteiger partial charge in [0.1, 0.15) is 11.5 Å². The number of nitrogens with one attached hydrogen (secondary N) is 4. The van der Waals surface area contributed by atoms with E-state index in [1.54, 1.807) is 42.5 Å². The van der Waals surface area contributed by atoms with Crippen molar-refractivity contribution >= 4 is 51.8 Å². The number of anilines is 3. The van der Waals surface area contributed by atoms with Gasteiger partial charge in [0.15, 0.2) is 5.11 Å². The Morgan fingerprint density at radius 2 is 1.66 bits per heavy atom. The van der Waals surface area contributed by atoms with Crippen molar-refractivity contribution in [3.8, 4) is 11.5 Å². The summed E-state index contributed by atoms with van der Waals surface area (Å²) in [5.74, 6) is 1.31. The van der Waals surface area contributed by atoms with Crippen molar-refractivity contribution < 1.29 is 27.4 Å². The predicted octanol–water partition coefficient (Wildman–Crippen LogP) is 6.36. The van der Waals surface area contributed by atoms with Crippen molar-refractivity contribution in [2.75, 3.05) is 23.1 Å². The third-order valence-corrected chi connectivity index (χ3v) is 4.86. The number of hydrogen-bond acceptors (Lipinski definition) is 5. The standard InChI is InChI=1S/C23H18F3N5O3S/c1-33-22(32)31-20-29-18-10-9-17(12-19(18)30-20)34-16-7-5-14(6-8-16)27-21(35)28-15-4-2-3-13(11-15)23(24,25)26/h2-12H,1H3,(H2,27,28,35)(H2,29,30,31,32). The molecule has 0 spiro atoms. The van der Waals surface area contributed by atoms with Crippen LogP contribution in [0.1, 0.15) is 5.56 Å². The molecule has 35 heavy (non-hydrogen) atoms. The lowest BCUT2D eigenvalue weighted by Crippen LogP contribution is -2.19. The first-order valence-corrected chi connectivity index (χ1v) is 10.5. The number of rotatable bonds is 5. The Morgan fingerprint density at radius 1 is 0.943 bits per heavy atom. The lowest BCUT2D eigenvalue weighted by molar-refractivity contribution is -0.137. The quantitative estimate of drug-likeness (QED) is 0.236. The van der Waals surface area contributed by atoms with Crippen LogP contribution in [0, 0.1) is 0 Å². The Balaban J connectivity index is 1.37. The van der Waals surface area contributed by atoms with Crippen LogP contribution in [0.2, 0.25) is 0 Å². The Kier molecular flexibility index (Phi) is 6.73. The number of benzene rings is 3. The van der Waals surface area contributed by atoms with Crippen LogP contribution in [0.5, 0.6) is 11.5 Å². The van der Waals surface area contributed by atoms with Crippen LogP contribution in [-0.2, 0) is 10.9 Å². The summed E-state index contributed by atoms with van der Waals surface area (Å²) in [6.07, 6.45) is -5.08. The summed E-state index contributed by atoms with van der Waals surface area (Å²) in [7, 11) is 1.26. The summed E-state index contributed by atoms with van der Waals surface area (Å²) in [4.78, 5) is 18.5. The van der Waals surface area contributed by atoms with Crippen LogP contribution < -0.4 is 20.7 Å². The molecule has 1 heterocycles. The number of imidazole rings is 1. The third kappa shape index (κ3) is 6.18. The summed E-state index contributed by atoms with van der Waals surface area (Å²) in [5.41, 5.74) is 1.35. The van der Waals surface area contributed by atoms with Gasteiger partial charge in [-0.1, -0.05) is 6.07 Å². The second-order valence-electron chi connectivity index (χ2n) is 7.17. The van der Waals surface area contributed by atoms with Gasteiger partial charge >= 0.3 is 12.3 Å². The number of ether oxygens (including phenoxy) is 2. The fourth-order valence-electron chi connectivity index (χ4n) is 3.07. The topological polar surface area (TPSA) is 100 Å². The van der Waals surface area contributed by atoms with Crippen LogP contribution >= 0.6 is 12.2 Å². The number of H-pyrrole nitrogens is 1. The smallest absolute Gasteiger partial charge is 0.416 e. The van der Waals surface area contributed by atoms with Crippen molar-refractivity contribution in [1.29, 1.82) is 0 Å². The molecule has 0 atom stereocenters. The number of thiocarbonyl (C=S) groups is 1.